The highest BCUT2D eigenvalue weighted by atomic mass is 32.2. The maximum Gasteiger partial charge on any atom is 0.341 e. The van der Waals surface area contributed by atoms with E-state index in [1.54, 1.807) is 11.8 Å². The molecule has 5 heteroatoms. The van der Waals surface area contributed by atoms with Crippen LogP contribution in [0, 0.1) is 0 Å². The Bertz CT molecular complexity index is 622. The molecule has 2 aromatic rings. The van der Waals surface area contributed by atoms with E-state index in [-0.39, 0.29) is 0 Å². The summed E-state index contributed by atoms with van der Waals surface area (Å²) in [5.41, 5.74) is 1.45. The fourth-order valence-corrected chi connectivity index (χ4v) is 4.74. The summed E-state index contributed by atoms with van der Waals surface area (Å²) >= 11 is 1.62. The lowest BCUT2D eigenvalue weighted by Crippen LogP contribution is -2.07. The highest BCUT2D eigenvalue weighted by Crippen LogP contribution is 2.63. The molecule has 0 aliphatic rings. The molecule has 0 saturated carbocycles. The van der Waals surface area contributed by atoms with E-state index < -0.39 is 13.3 Å². The molecule has 0 heterocycles. The smallest absolute Gasteiger partial charge is 0.311 e. The molecule has 0 fully saturated rings. The topological polar surface area (TPSA) is 35.5 Å². The highest BCUT2D eigenvalue weighted by Gasteiger charge is 2.37. The standard InChI is InChI=1S/C16H19O3PS/c1-18-20(17,19-2)16(13-9-5-4-6-10-13)14-11-7-8-12-15(14)21-3/h4-12,16H,1-3H3. The molecule has 0 aromatic heterocycles. The van der Waals surface area contributed by atoms with E-state index in [0.29, 0.717) is 0 Å². The second-order valence-corrected chi connectivity index (χ2v) is 7.63. The average molecular weight is 322 g/mol. The summed E-state index contributed by atoms with van der Waals surface area (Å²) in [6, 6.07) is 17.6. The molecule has 0 N–H and O–H groups in total. The average Bonchev–Trinajstić information content (AvgIpc) is 2.56. The van der Waals surface area contributed by atoms with E-state index in [1.165, 1.54) is 14.2 Å². The largest absolute Gasteiger partial charge is 0.341 e. The van der Waals surface area contributed by atoms with Gasteiger partial charge in [0.05, 0.1) is 0 Å². The van der Waals surface area contributed by atoms with Gasteiger partial charge in [-0.1, -0.05) is 48.5 Å². The van der Waals surface area contributed by atoms with Crippen molar-refractivity contribution in [3.05, 3.63) is 65.7 Å². The molecule has 0 radical (unpaired) electrons. The summed E-state index contributed by atoms with van der Waals surface area (Å²) < 4.78 is 23.6. The number of hydrogen-bond donors (Lipinski definition) is 0. The summed E-state index contributed by atoms with van der Waals surface area (Å²) in [7, 11) is -0.424. The van der Waals surface area contributed by atoms with Crippen LogP contribution in [0.1, 0.15) is 16.8 Å². The van der Waals surface area contributed by atoms with Crippen molar-refractivity contribution in [2.24, 2.45) is 0 Å². The van der Waals surface area contributed by atoms with Gasteiger partial charge in [-0.3, -0.25) is 4.57 Å². The first-order valence-electron chi connectivity index (χ1n) is 6.55. The van der Waals surface area contributed by atoms with Crippen LogP contribution in [0.2, 0.25) is 0 Å². The summed E-state index contributed by atoms with van der Waals surface area (Å²) in [6.45, 7) is 0. The van der Waals surface area contributed by atoms with Crippen LogP contribution in [0.3, 0.4) is 0 Å². The molecule has 21 heavy (non-hydrogen) atoms. The minimum atomic E-state index is -3.29. The zero-order valence-electron chi connectivity index (χ0n) is 12.4. The van der Waals surface area contributed by atoms with Crippen molar-refractivity contribution in [3.63, 3.8) is 0 Å². The third kappa shape index (κ3) is 3.41. The molecule has 1 unspecified atom stereocenters. The third-order valence-corrected chi connectivity index (χ3v) is 6.41. The second kappa shape index (κ2) is 7.28. The van der Waals surface area contributed by atoms with Crippen molar-refractivity contribution < 1.29 is 13.6 Å². The first-order valence-corrected chi connectivity index (χ1v) is 9.39. The highest BCUT2D eigenvalue weighted by molar-refractivity contribution is 7.98. The van der Waals surface area contributed by atoms with Crippen LogP contribution in [0.15, 0.2) is 59.5 Å². The molecule has 0 bridgehead atoms. The summed E-state index contributed by atoms with van der Waals surface area (Å²) in [5.74, 6) is 0. The Morgan fingerprint density at radius 1 is 0.952 bits per heavy atom. The maximum atomic E-state index is 13.1. The minimum absolute atomic E-state index is 0.433. The molecule has 0 saturated heterocycles. The quantitative estimate of drug-likeness (QED) is 0.555. The number of thioether (sulfide) groups is 1. The molecule has 2 aromatic carbocycles. The predicted molar refractivity (Wildman–Crippen MR) is 88.1 cm³/mol. The van der Waals surface area contributed by atoms with E-state index in [9.17, 15) is 4.57 Å². The number of hydrogen-bond acceptors (Lipinski definition) is 4. The second-order valence-electron chi connectivity index (χ2n) is 4.46. The molecular formula is C16H19O3PS. The van der Waals surface area contributed by atoms with Gasteiger partial charge in [0.1, 0.15) is 5.66 Å². The first kappa shape index (κ1) is 16.3. The van der Waals surface area contributed by atoms with Crippen LogP contribution in [-0.2, 0) is 13.6 Å². The molecule has 0 aliphatic carbocycles. The van der Waals surface area contributed by atoms with Gasteiger partial charge in [0.2, 0.25) is 0 Å². The van der Waals surface area contributed by atoms with Gasteiger partial charge in [0.25, 0.3) is 0 Å². The van der Waals surface area contributed by atoms with Crippen LogP contribution in [0.4, 0.5) is 0 Å². The van der Waals surface area contributed by atoms with Gasteiger partial charge in [-0.25, -0.2) is 0 Å². The van der Waals surface area contributed by atoms with Gasteiger partial charge in [-0.2, -0.15) is 0 Å². The summed E-state index contributed by atoms with van der Waals surface area (Å²) in [4.78, 5) is 1.07. The van der Waals surface area contributed by atoms with E-state index in [1.807, 2.05) is 60.9 Å². The van der Waals surface area contributed by atoms with Gasteiger partial charge >= 0.3 is 7.60 Å². The lowest BCUT2D eigenvalue weighted by Gasteiger charge is -2.26. The van der Waals surface area contributed by atoms with Crippen LogP contribution < -0.4 is 0 Å². The van der Waals surface area contributed by atoms with Crippen LogP contribution in [0.5, 0.6) is 0 Å². The molecule has 0 spiro atoms. The predicted octanol–water partition coefficient (Wildman–Crippen LogP) is 4.98. The summed E-state index contributed by atoms with van der Waals surface area (Å²) in [6.07, 6.45) is 2.01. The first-order chi connectivity index (χ1) is 10.2. The number of benzene rings is 2. The van der Waals surface area contributed by atoms with Crippen molar-refractivity contribution >= 4 is 19.4 Å². The maximum absolute atomic E-state index is 13.1. The molecule has 2 rings (SSSR count). The fourth-order valence-electron chi connectivity index (χ4n) is 2.35. The molecule has 112 valence electrons. The van der Waals surface area contributed by atoms with Crippen molar-refractivity contribution in [1.82, 2.24) is 0 Å². The van der Waals surface area contributed by atoms with E-state index in [2.05, 4.69) is 0 Å². The Kier molecular flexibility index (Phi) is 5.65. The summed E-state index contributed by atoms with van der Waals surface area (Å²) in [5, 5.41) is 0. The van der Waals surface area contributed by atoms with Crippen molar-refractivity contribution in [2.45, 2.75) is 10.6 Å². The molecule has 0 aliphatic heterocycles. The van der Waals surface area contributed by atoms with E-state index in [4.69, 9.17) is 9.05 Å². The molecular weight excluding hydrogens is 303 g/mol. The van der Waals surface area contributed by atoms with E-state index in [0.717, 1.165) is 16.0 Å². The normalized spacial score (nSPS) is 13.1. The number of rotatable bonds is 6. The third-order valence-electron chi connectivity index (χ3n) is 3.37. The van der Waals surface area contributed by atoms with Gasteiger partial charge in [0.15, 0.2) is 0 Å². The Morgan fingerprint density at radius 3 is 2.10 bits per heavy atom. The molecule has 0 amide bonds. The SMILES string of the molecule is COP(=O)(OC)C(c1ccccc1)c1ccccc1SC. The minimum Gasteiger partial charge on any atom is -0.311 e. The Hall–Kier alpha value is -1.06. The lowest BCUT2D eigenvalue weighted by atomic mass is 10.0. The van der Waals surface area contributed by atoms with Crippen molar-refractivity contribution in [3.8, 4) is 0 Å². The van der Waals surface area contributed by atoms with Crippen LogP contribution in [0.25, 0.3) is 0 Å². The lowest BCUT2D eigenvalue weighted by molar-refractivity contribution is 0.269. The van der Waals surface area contributed by atoms with E-state index >= 15 is 0 Å². The Balaban J connectivity index is 2.64. The van der Waals surface area contributed by atoms with Gasteiger partial charge < -0.3 is 9.05 Å². The monoisotopic (exact) mass is 322 g/mol. The fraction of sp³-hybridized carbons (Fsp3) is 0.250. The van der Waals surface area contributed by atoms with Gasteiger partial charge in [0, 0.05) is 19.1 Å². The van der Waals surface area contributed by atoms with Crippen LogP contribution >= 0.6 is 19.4 Å². The molecule has 3 nitrogen and oxygen atoms in total. The zero-order valence-corrected chi connectivity index (χ0v) is 14.1. The van der Waals surface area contributed by atoms with Crippen molar-refractivity contribution in [1.29, 1.82) is 0 Å². The Labute approximate surface area is 130 Å². The Morgan fingerprint density at radius 2 is 1.52 bits per heavy atom. The van der Waals surface area contributed by atoms with Gasteiger partial charge in [-0.05, 0) is 23.4 Å². The molecule has 1 atom stereocenters. The van der Waals surface area contributed by atoms with Gasteiger partial charge in [-0.15, -0.1) is 11.8 Å². The van der Waals surface area contributed by atoms with Crippen LogP contribution in [-0.4, -0.2) is 20.5 Å². The van der Waals surface area contributed by atoms with Crippen molar-refractivity contribution in [2.75, 3.05) is 20.5 Å². The zero-order chi connectivity index (χ0) is 15.3.